The molecule has 0 radical (unpaired) electrons. The van der Waals surface area contributed by atoms with Crippen molar-refractivity contribution in [3.8, 4) is 0 Å². The normalized spacial score (nSPS) is 26.6. The number of benzene rings is 1. The van der Waals surface area contributed by atoms with Crippen LogP contribution in [0, 0.1) is 12.8 Å². The molecule has 0 amide bonds. The van der Waals surface area contributed by atoms with Crippen LogP contribution in [0.25, 0.3) is 0 Å². The Balaban J connectivity index is 1.98. The lowest BCUT2D eigenvalue weighted by Gasteiger charge is -2.34. The molecule has 2 fully saturated rings. The van der Waals surface area contributed by atoms with E-state index >= 15 is 0 Å². The van der Waals surface area contributed by atoms with Gasteiger partial charge >= 0.3 is 0 Å². The summed E-state index contributed by atoms with van der Waals surface area (Å²) in [5, 5.41) is 12.2. The summed E-state index contributed by atoms with van der Waals surface area (Å²) in [7, 11) is 0. The molecule has 1 aromatic rings. The van der Waals surface area contributed by atoms with E-state index in [0.29, 0.717) is 6.04 Å². The predicted octanol–water partition coefficient (Wildman–Crippen LogP) is 2.86. The van der Waals surface area contributed by atoms with Gasteiger partial charge in [-0.2, -0.15) is 0 Å². The average Bonchev–Trinajstić information content (AvgIpc) is 2.90. The zero-order chi connectivity index (χ0) is 14.1. The van der Waals surface area contributed by atoms with E-state index in [9.17, 15) is 0 Å². The van der Waals surface area contributed by atoms with Crippen LogP contribution in [0.4, 0.5) is 5.69 Å². The van der Waals surface area contributed by atoms with E-state index in [4.69, 9.17) is 10.9 Å². The van der Waals surface area contributed by atoms with Crippen molar-refractivity contribution in [1.82, 2.24) is 0 Å². The number of aryl methyl sites for hydroxylation is 1. The lowest BCUT2D eigenvalue weighted by atomic mass is 9.85. The van der Waals surface area contributed by atoms with Crippen molar-refractivity contribution in [2.45, 2.75) is 45.1 Å². The fraction of sp³-hybridized carbons (Fsp3) is 0.562. The van der Waals surface area contributed by atoms with Gasteiger partial charge in [0.2, 0.25) is 0 Å². The first kappa shape index (κ1) is 13.3. The minimum absolute atomic E-state index is 0.208. The zero-order valence-corrected chi connectivity index (χ0v) is 12.0. The second-order valence-electron chi connectivity index (χ2n) is 6.10. The van der Waals surface area contributed by atoms with Gasteiger partial charge in [0.05, 0.1) is 0 Å². The van der Waals surface area contributed by atoms with Crippen LogP contribution in [0.2, 0.25) is 0 Å². The molecule has 0 aromatic heterocycles. The molecule has 3 rings (SSSR count). The van der Waals surface area contributed by atoms with Gasteiger partial charge in [-0.25, -0.2) is 0 Å². The van der Waals surface area contributed by atoms with Gasteiger partial charge < -0.3 is 15.8 Å². The van der Waals surface area contributed by atoms with Crippen LogP contribution >= 0.6 is 0 Å². The first-order chi connectivity index (χ1) is 9.70. The molecule has 2 unspecified atom stereocenters. The molecule has 1 aromatic carbocycles. The molecule has 20 heavy (non-hydrogen) atoms. The summed E-state index contributed by atoms with van der Waals surface area (Å²) >= 11 is 0. The molecular formula is C16H23N3O. The molecule has 4 heteroatoms. The number of hydrogen-bond donors (Lipinski definition) is 2. The third-order valence-electron chi connectivity index (χ3n) is 4.86. The Morgan fingerprint density at radius 3 is 2.90 bits per heavy atom. The van der Waals surface area contributed by atoms with Gasteiger partial charge in [0.1, 0.15) is 0 Å². The Bertz CT molecular complexity index is 526. The number of nitrogens with two attached hydrogens (primary N) is 1. The molecular weight excluding hydrogens is 250 g/mol. The Labute approximate surface area is 120 Å². The quantitative estimate of drug-likeness (QED) is 0.377. The molecule has 108 valence electrons. The lowest BCUT2D eigenvalue weighted by molar-refractivity contribution is 0.318. The van der Waals surface area contributed by atoms with Gasteiger partial charge in [0, 0.05) is 23.8 Å². The van der Waals surface area contributed by atoms with Crippen LogP contribution in [0.3, 0.4) is 0 Å². The number of hydrogen-bond acceptors (Lipinski definition) is 3. The Morgan fingerprint density at radius 2 is 2.10 bits per heavy atom. The van der Waals surface area contributed by atoms with Crippen molar-refractivity contribution in [1.29, 1.82) is 0 Å². The highest BCUT2D eigenvalue weighted by Crippen LogP contribution is 2.40. The first-order valence-electron chi connectivity index (χ1n) is 7.56. The van der Waals surface area contributed by atoms with Crippen molar-refractivity contribution in [3.63, 3.8) is 0 Å². The highest BCUT2D eigenvalue weighted by atomic mass is 16.4. The van der Waals surface area contributed by atoms with Gasteiger partial charge in [0.25, 0.3) is 0 Å². The predicted molar refractivity (Wildman–Crippen MR) is 81.4 cm³/mol. The summed E-state index contributed by atoms with van der Waals surface area (Å²) < 4.78 is 0. The Hall–Kier alpha value is -1.71. The maximum atomic E-state index is 9.00. The van der Waals surface area contributed by atoms with Crippen LogP contribution in [0.15, 0.2) is 23.4 Å². The van der Waals surface area contributed by atoms with Crippen LogP contribution < -0.4 is 10.6 Å². The summed E-state index contributed by atoms with van der Waals surface area (Å²) in [6.45, 7) is 3.18. The third-order valence-corrected chi connectivity index (χ3v) is 4.86. The fourth-order valence-electron chi connectivity index (χ4n) is 3.85. The molecule has 1 aliphatic heterocycles. The average molecular weight is 273 g/mol. The second kappa shape index (κ2) is 5.35. The van der Waals surface area contributed by atoms with E-state index < -0.39 is 0 Å². The summed E-state index contributed by atoms with van der Waals surface area (Å²) in [4.78, 5) is 2.49. The molecule has 0 bridgehead atoms. The number of fused-ring (bicyclic) bond motifs is 1. The summed E-state index contributed by atoms with van der Waals surface area (Å²) in [6.07, 6.45) is 6.59. The molecule has 2 atom stereocenters. The molecule has 4 nitrogen and oxygen atoms in total. The second-order valence-corrected chi connectivity index (χ2v) is 6.10. The number of oxime groups is 1. The number of amidine groups is 1. The summed E-state index contributed by atoms with van der Waals surface area (Å²) in [5.41, 5.74) is 9.06. The number of nitrogens with zero attached hydrogens (tertiary/aromatic N) is 2. The first-order valence-corrected chi connectivity index (χ1v) is 7.56. The minimum Gasteiger partial charge on any atom is -0.409 e. The standard InChI is InChI=1S/C16H23N3O/c1-11-6-7-13(16(17)18-20)15(10-11)19-9-8-12-4-2-3-5-14(12)19/h6-7,10,12,14,20H,2-5,8-9H2,1H3,(H2,17,18). The molecule has 2 aliphatic rings. The highest BCUT2D eigenvalue weighted by Gasteiger charge is 2.36. The number of anilines is 1. The van der Waals surface area contributed by atoms with Gasteiger partial charge in [0.15, 0.2) is 5.84 Å². The van der Waals surface area contributed by atoms with E-state index in [0.717, 1.165) is 23.7 Å². The van der Waals surface area contributed by atoms with E-state index in [1.165, 1.54) is 37.7 Å². The zero-order valence-electron chi connectivity index (χ0n) is 12.0. The summed E-state index contributed by atoms with van der Waals surface area (Å²) in [5.74, 6) is 1.03. The van der Waals surface area contributed by atoms with Gasteiger partial charge in [-0.3, -0.25) is 0 Å². The Morgan fingerprint density at radius 1 is 1.30 bits per heavy atom. The maximum absolute atomic E-state index is 9.00. The minimum atomic E-state index is 0.208. The van der Waals surface area contributed by atoms with E-state index in [1.54, 1.807) is 0 Å². The van der Waals surface area contributed by atoms with E-state index in [-0.39, 0.29) is 5.84 Å². The Kier molecular flexibility index (Phi) is 3.55. The van der Waals surface area contributed by atoms with Gasteiger partial charge in [-0.1, -0.05) is 24.1 Å². The molecule has 1 heterocycles. The smallest absolute Gasteiger partial charge is 0.172 e. The maximum Gasteiger partial charge on any atom is 0.172 e. The highest BCUT2D eigenvalue weighted by molar-refractivity contribution is 6.02. The van der Waals surface area contributed by atoms with Gasteiger partial charge in [-0.05, 0) is 49.8 Å². The van der Waals surface area contributed by atoms with Crippen molar-refractivity contribution in [2.24, 2.45) is 16.8 Å². The fourth-order valence-corrected chi connectivity index (χ4v) is 3.85. The SMILES string of the molecule is Cc1ccc(/C(N)=N/O)c(N2CCC3CCCCC32)c1. The van der Waals surface area contributed by atoms with Crippen molar-refractivity contribution in [2.75, 3.05) is 11.4 Å². The van der Waals surface area contributed by atoms with E-state index in [2.05, 4.69) is 23.0 Å². The van der Waals surface area contributed by atoms with Crippen molar-refractivity contribution >= 4 is 11.5 Å². The molecule has 0 spiro atoms. The monoisotopic (exact) mass is 273 g/mol. The third kappa shape index (κ3) is 2.23. The molecule has 1 saturated heterocycles. The summed E-state index contributed by atoms with van der Waals surface area (Å²) in [6, 6.07) is 6.79. The van der Waals surface area contributed by atoms with Crippen molar-refractivity contribution in [3.05, 3.63) is 29.3 Å². The molecule has 1 saturated carbocycles. The van der Waals surface area contributed by atoms with E-state index in [1.807, 2.05) is 12.1 Å². The number of rotatable bonds is 2. The van der Waals surface area contributed by atoms with Crippen molar-refractivity contribution < 1.29 is 5.21 Å². The topological polar surface area (TPSA) is 61.9 Å². The van der Waals surface area contributed by atoms with Crippen LogP contribution in [0.5, 0.6) is 0 Å². The lowest BCUT2D eigenvalue weighted by Crippen LogP contribution is -2.36. The van der Waals surface area contributed by atoms with Crippen LogP contribution in [-0.4, -0.2) is 23.6 Å². The molecule has 3 N–H and O–H groups in total. The molecule has 1 aliphatic carbocycles. The van der Waals surface area contributed by atoms with Crippen LogP contribution in [-0.2, 0) is 0 Å². The van der Waals surface area contributed by atoms with Crippen LogP contribution in [0.1, 0.15) is 43.2 Å². The van der Waals surface area contributed by atoms with Gasteiger partial charge in [-0.15, -0.1) is 0 Å². The largest absolute Gasteiger partial charge is 0.409 e.